The van der Waals surface area contributed by atoms with Crippen LogP contribution in [0.2, 0.25) is 0 Å². The van der Waals surface area contributed by atoms with E-state index in [9.17, 15) is 0 Å². The van der Waals surface area contributed by atoms with E-state index < -0.39 is 0 Å². The first-order valence-corrected chi connectivity index (χ1v) is 16.2. The van der Waals surface area contributed by atoms with Gasteiger partial charge in [0.15, 0.2) is 0 Å². The largest absolute Gasteiger partial charge is 2.00 e. The van der Waals surface area contributed by atoms with Gasteiger partial charge in [0, 0.05) is 35.0 Å². The summed E-state index contributed by atoms with van der Waals surface area (Å²) in [4.78, 5) is 4.80. The van der Waals surface area contributed by atoms with E-state index in [0.717, 1.165) is 44.4 Å². The van der Waals surface area contributed by atoms with Gasteiger partial charge in [0.05, 0.1) is 6.20 Å². The summed E-state index contributed by atoms with van der Waals surface area (Å²) in [5, 5.41) is 7.01. The molecule has 0 aliphatic rings. The minimum absolute atomic E-state index is 0. The maximum Gasteiger partial charge on any atom is 2.00 e. The van der Waals surface area contributed by atoms with Crippen LogP contribution in [0, 0.1) is 53.7 Å². The van der Waals surface area contributed by atoms with Gasteiger partial charge in [-0.3, -0.25) is 4.68 Å². The maximum atomic E-state index is 6.48. The van der Waals surface area contributed by atoms with Crippen LogP contribution >= 0.6 is 0 Å². The van der Waals surface area contributed by atoms with Crippen LogP contribution in [0.4, 0.5) is 0 Å². The maximum absolute atomic E-state index is 6.48. The number of aromatic nitrogens is 4. The predicted molar refractivity (Wildman–Crippen MR) is 192 cm³/mol. The Kier molecular flexibility index (Phi) is 8.72. The average molecular weight is 812 g/mol. The molecule has 244 valence electrons. The molecule has 48 heavy (non-hydrogen) atoms. The van der Waals surface area contributed by atoms with Crippen LogP contribution in [-0.4, -0.2) is 19.3 Å². The van der Waals surface area contributed by atoms with Gasteiger partial charge in [-0.05, 0) is 108 Å². The summed E-state index contributed by atoms with van der Waals surface area (Å²) in [5.74, 6) is 2.08. The molecular weight excluding hydrogens is 772 g/mol. The smallest absolute Gasteiger partial charge is 0.509 e. The number of fused-ring (bicyclic) bond motifs is 3. The van der Waals surface area contributed by atoms with Crippen molar-refractivity contribution in [2.45, 2.75) is 67.7 Å². The van der Waals surface area contributed by atoms with Crippen LogP contribution in [0.3, 0.4) is 0 Å². The van der Waals surface area contributed by atoms with Crippen LogP contribution in [0.5, 0.6) is 11.5 Å². The van der Waals surface area contributed by atoms with Crippen molar-refractivity contribution in [3.63, 3.8) is 0 Å². The number of rotatable bonds is 5. The molecule has 0 atom stereocenters. The van der Waals surface area contributed by atoms with Crippen molar-refractivity contribution in [1.82, 2.24) is 19.3 Å². The first-order valence-electron chi connectivity index (χ1n) is 16.2. The molecule has 0 N–H and O–H groups in total. The minimum atomic E-state index is -0.00182. The quantitative estimate of drug-likeness (QED) is 0.163. The molecular formula is C42H40N4OPt. The number of pyridine rings is 1. The molecule has 0 saturated heterocycles. The standard InChI is InChI=1S/C42H40N4O.Pt/c1-25-18-33(45-24-31(23-44-45)41-29(5)27(3)26(2)28(4)30(41)6)21-35(19-25)47-34-14-15-37-36-12-10-11-13-38(36)46(39(37)22-34)40-20-32(16-17-43-40)42(7,8)9;/h10-20,23-24H,1-9H3;/q-2;+2. The summed E-state index contributed by atoms with van der Waals surface area (Å²) in [7, 11) is 0. The molecule has 7 aromatic rings. The number of ether oxygens (including phenoxy) is 1. The zero-order valence-corrected chi connectivity index (χ0v) is 31.3. The van der Waals surface area contributed by atoms with Gasteiger partial charge in [0.1, 0.15) is 5.82 Å². The summed E-state index contributed by atoms with van der Waals surface area (Å²) < 4.78 is 10.6. The van der Waals surface area contributed by atoms with Crippen molar-refractivity contribution in [3.05, 3.63) is 130 Å². The Balaban J connectivity index is 0.00000401. The van der Waals surface area contributed by atoms with E-state index in [1.165, 1.54) is 38.9 Å². The van der Waals surface area contributed by atoms with Crippen molar-refractivity contribution in [1.29, 1.82) is 0 Å². The topological polar surface area (TPSA) is 44.9 Å². The van der Waals surface area contributed by atoms with E-state index in [1.807, 2.05) is 29.2 Å². The van der Waals surface area contributed by atoms with Crippen LogP contribution in [0.15, 0.2) is 79.3 Å². The molecule has 0 saturated carbocycles. The van der Waals surface area contributed by atoms with Crippen LogP contribution < -0.4 is 4.74 Å². The number of hydrogen-bond acceptors (Lipinski definition) is 3. The van der Waals surface area contributed by atoms with Crippen molar-refractivity contribution in [2.75, 3.05) is 0 Å². The number of hydrogen-bond donors (Lipinski definition) is 0. The Morgan fingerprint density at radius 1 is 0.729 bits per heavy atom. The molecule has 5 nitrogen and oxygen atoms in total. The zero-order chi connectivity index (χ0) is 33.2. The Morgan fingerprint density at radius 3 is 2.17 bits per heavy atom. The SMILES string of the molecule is Cc1cc(Oc2[c-]c3c(cc2)c2ccccc2n3-c2cc(C(C)(C)C)ccn2)[c-]c(-n2cc(-c3c(C)c(C)c(C)c(C)c3C)cn2)c1.[Pt+2]. The van der Waals surface area contributed by atoms with Gasteiger partial charge < -0.3 is 9.30 Å². The molecule has 0 aliphatic carbocycles. The zero-order valence-electron chi connectivity index (χ0n) is 29.0. The molecule has 0 radical (unpaired) electrons. The van der Waals surface area contributed by atoms with Crippen LogP contribution in [0.25, 0.3) is 44.4 Å². The Labute approximate surface area is 297 Å². The Morgan fingerprint density at radius 2 is 1.44 bits per heavy atom. The third kappa shape index (κ3) is 5.79. The van der Waals surface area contributed by atoms with E-state index >= 15 is 0 Å². The number of para-hydroxylation sites is 1. The average Bonchev–Trinajstić information content (AvgIpc) is 3.65. The second-order valence-corrected chi connectivity index (χ2v) is 13.8. The van der Waals surface area contributed by atoms with Crippen molar-refractivity contribution < 1.29 is 25.8 Å². The Hall–Kier alpha value is -4.47. The predicted octanol–water partition coefficient (Wildman–Crippen LogP) is 10.6. The van der Waals surface area contributed by atoms with Crippen LogP contribution in [-0.2, 0) is 26.5 Å². The first-order chi connectivity index (χ1) is 22.4. The van der Waals surface area contributed by atoms with E-state index in [4.69, 9.17) is 14.8 Å². The summed E-state index contributed by atoms with van der Waals surface area (Å²) in [6, 6.07) is 27.9. The van der Waals surface area contributed by atoms with Gasteiger partial charge >= 0.3 is 21.1 Å². The molecule has 3 heterocycles. The summed E-state index contributed by atoms with van der Waals surface area (Å²) in [5.41, 5.74) is 14.1. The Bertz CT molecular complexity index is 2310. The fraction of sp³-hybridized carbons (Fsp3) is 0.238. The normalized spacial score (nSPS) is 11.7. The van der Waals surface area contributed by atoms with Gasteiger partial charge in [-0.1, -0.05) is 51.4 Å². The minimum Gasteiger partial charge on any atom is -0.509 e. The monoisotopic (exact) mass is 811 g/mol. The van der Waals surface area contributed by atoms with E-state index in [0.29, 0.717) is 11.5 Å². The molecule has 0 aliphatic heterocycles. The number of nitrogens with zero attached hydrogens (tertiary/aromatic N) is 4. The van der Waals surface area contributed by atoms with E-state index in [2.05, 4.69) is 134 Å². The summed E-state index contributed by atoms with van der Waals surface area (Å²) in [6.45, 7) is 19.8. The summed E-state index contributed by atoms with van der Waals surface area (Å²) >= 11 is 0. The molecule has 0 spiro atoms. The molecule has 0 unspecified atom stereocenters. The molecule has 6 heteroatoms. The summed E-state index contributed by atoms with van der Waals surface area (Å²) in [6.07, 6.45) is 5.93. The van der Waals surface area contributed by atoms with Crippen molar-refractivity contribution in [2.24, 2.45) is 0 Å². The number of benzene rings is 4. The number of aryl methyl sites for hydroxylation is 1. The fourth-order valence-corrected chi connectivity index (χ4v) is 6.65. The van der Waals surface area contributed by atoms with Crippen LogP contribution in [0.1, 0.15) is 59.7 Å². The van der Waals surface area contributed by atoms with Crippen molar-refractivity contribution >= 4 is 21.8 Å². The first kappa shape index (κ1) is 33.4. The fourth-order valence-electron chi connectivity index (χ4n) is 6.65. The third-order valence-corrected chi connectivity index (χ3v) is 9.71. The molecule has 3 aromatic heterocycles. The molecule has 0 fully saturated rings. The van der Waals surface area contributed by atoms with Crippen molar-refractivity contribution in [3.8, 4) is 34.1 Å². The molecule has 0 amide bonds. The molecule has 4 aromatic carbocycles. The second-order valence-electron chi connectivity index (χ2n) is 13.8. The van der Waals surface area contributed by atoms with Gasteiger partial charge in [-0.2, -0.15) is 16.7 Å². The third-order valence-electron chi connectivity index (χ3n) is 9.71. The van der Waals surface area contributed by atoms with Gasteiger partial charge in [0.2, 0.25) is 0 Å². The molecule has 0 bridgehead atoms. The van der Waals surface area contributed by atoms with Gasteiger partial charge in [-0.15, -0.1) is 35.7 Å². The second kappa shape index (κ2) is 12.5. The van der Waals surface area contributed by atoms with E-state index in [1.54, 1.807) is 0 Å². The van der Waals surface area contributed by atoms with E-state index in [-0.39, 0.29) is 26.5 Å². The van der Waals surface area contributed by atoms with Gasteiger partial charge in [0.25, 0.3) is 0 Å². The van der Waals surface area contributed by atoms with Gasteiger partial charge in [-0.25, -0.2) is 4.98 Å². The molecule has 7 rings (SSSR count).